The maximum Gasteiger partial charge on any atom is 0.223 e. The van der Waals surface area contributed by atoms with Gasteiger partial charge in [0.1, 0.15) is 0 Å². The molecule has 1 saturated heterocycles. The molecule has 0 unspecified atom stereocenters. The molecule has 1 fully saturated rings. The summed E-state index contributed by atoms with van der Waals surface area (Å²) >= 11 is 4.03. The van der Waals surface area contributed by atoms with Gasteiger partial charge in [0.05, 0.1) is 0 Å². The van der Waals surface area contributed by atoms with Gasteiger partial charge in [-0.05, 0) is 24.5 Å². The molecule has 1 aliphatic heterocycles. The molecular weight excluding hydrogens is 186 g/mol. The number of likely N-dealkylation sites (tertiary alicyclic amines) is 1. The number of amides is 1. The van der Waals surface area contributed by atoms with Crippen LogP contribution in [0.5, 0.6) is 0 Å². The third-order valence-electron chi connectivity index (χ3n) is 2.55. The fourth-order valence-corrected chi connectivity index (χ4v) is 1.81. The number of aliphatic hydroxyl groups is 1. The van der Waals surface area contributed by atoms with Gasteiger partial charge in [-0.15, -0.1) is 0 Å². The number of thiol groups is 1. The standard InChI is InChI=1S/C9H17NO2S/c11-7-8-1-4-10(5-2-8)9(12)3-6-13/h8,11,13H,1-7H2. The predicted octanol–water partition coefficient (Wildman–Crippen LogP) is 0.537. The Kier molecular flexibility index (Phi) is 4.59. The highest BCUT2D eigenvalue weighted by Gasteiger charge is 2.21. The molecule has 0 aliphatic carbocycles. The van der Waals surface area contributed by atoms with Crippen molar-refractivity contribution in [3.8, 4) is 0 Å². The molecule has 13 heavy (non-hydrogen) atoms. The lowest BCUT2D eigenvalue weighted by Gasteiger charge is -2.31. The van der Waals surface area contributed by atoms with Gasteiger partial charge < -0.3 is 10.0 Å². The SMILES string of the molecule is O=C(CCS)N1CCC(CO)CC1. The maximum absolute atomic E-state index is 11.4. The first-order valence-corrected chi connectivity index (χ1v) is 5.40. The Morgan fingerprint density at radius 1 is 1.46 bits per heavy atom. The van der Waals surface area contributed by atoms with Crippen molar-refractivity contribution in [3.05, 3.63) is 0 Å². The Bertz CT molecular complexity index is 167. The lowest BCUT2D eigenvalue weighted by Crippen LogP contribution is -2.39. The van der Waals surface area contributed by atoms with Crippen molar-refractivity contribution in [3.63, 3.8) is 0 Å². The number of aliphatic hydroxyl groups excluding tert-OH is 1. The van der Waals surface area contributed by atoms with Crippen molar-refractivity contribution < 1.29 is 9.90 Å². The molecule has 0 aromatic rings. The number of carbonyl (C=O) groups excluding carboxylic acids is 1. The van der Waals surface area contributed by atoms with Gasteiger partial charge in [-0.2, -0.15) is 12.6 Å². The maximum atomic E-state index is 11.4. The molecule has 0 saturated carbocycles. The highest BCUT2D eigenvalue weighted by atomic mass is 32.1. The molecule has 1 heterocycles. The van der Waals surface area contributed by atoms with E-state index in [4.69, 9.17) is 5.11 Å². The van der Waals surface area contributed by atoms with Crippen molar-refractivity contribution in [2.24, 2.45) is 5.92 Å². The summed E-state index contributed by atoms with van der Waals surface area (Å²) in [4.78, 5) is 13.3. The number of hydrogen-bond acceptors (Lipinski definition) is 3. The molecule has 4 heteroatoms. The summed E-state index contributed by atoms with van der Waals surface area (Å²) in [5, 5.41) is 8.90. The van der Waals surface area contributed by atoms with Crippen molar-refractivity contribution in [1.82, 2.24) is 4.90 Å². The van der Waals surface area contributed by atoms with E-state index < -0.39 is 0 Å². The van der Waals surface area contributed by atoms with E-state index in [1.54, 1.807) is 0 Å². The van der Waals surface area contributed by atoms with Crippen molar-refractivity contribution >= 4 is 18.5 Å². The molecule has 0 aromatic carbocycles. The van der Waals surface area contributed by atoms with E-state index >= 15 is 0 Å². The van der Waals surface area contributed by atoms with Gasteiger partial charge in [-0.25, -0.2) is 0 Å². The summed E-state index contributed by atoms with van der Waals surface area (Å²) in [5.41, 5.74) is 0. The monoisotopic (exact) mass is 203 g/mol. The number of nitrogens with zero attached hydrogens (tertiary/aromatic N) is 1. The van der Waals surface area contributed by atoms with E-state index in [9.17, 15) is 4.79 Å². The number of piperidine rings is 1. The molecule has 0 aromatic heterocycles. The summed E-state index contributed by atoms with van der Waals surface area (Å²) in [7, 11) is 0. The quantitative estimate of drug-likeness (QED) is 0.657. The van der Waals surface area contributed by atoms with E-state index in [1.807, 2.05) is 4.90 Å². The van der Waals surface area contributed by atoms with E-state index in [0.29, 0.717) is 18.1 Å². The molecule has 1 amide bonds. The van der Waals surface area contributed by atoms with E-state index in [1.165, 1.54) is 0 Å². The normalized spacial score (nSPS) is 19.1. The van der Waals surface area contributed by atoms with E-state index in [0.717, 1.165) is 25.9 Å². The van der Waals surface area contributed by atoms with Crippen molar-refractivity contribution in [1.29, 1.82) is 0 Å². The molecule has 76 valence electrons. The first kappa shape index (κ1) is 10.9. The lowest BCUT2D eigenvalue weighted by molar-refractivity contribution is -0.132. The number of rotatable bonds is 3. The molecule has 1 N–H and O–H groups in total. The predicted molar refractivity (Wildman–Crippen MR) is 54.9 cm³/mol. The Hall–Kier alpha value is -0.220. The Balaban J connectivity index is 2.28. The van der Waals surface area contributed by atoms with Gasteiger partial charge in [0.15, 0.2) is 0 Å². The molecular formula is C9H17NO2S. The van der Waals surface area contributed by atoms with E-state index in [-0.39, 0.29) is 12.5 Å². The van der Waals surface area contributed by atoms with Gasteiger partial charge in [0, 0.05) is 26.1 Å². The molecule has 1 rings (SSSR count). The summed E-state index contributed by atoms with van der Waals surface area (Å²) < 4.78 is 0. The molecule has 0 radical (unpaired) electrons. The van der Waals surface area contributed by atoms with Crippen LogP contribution in [0.2, 0.25) is 0 Å². The van der Waals surface area contributed by atoms with Crippen LogP contribution in [0.15, 0.2) is 0 Å². The summed E-state index contributed by atoms with van der Waals surface area (Å²) in [6, 6.07) is 0. The molecule has 0 spiro atoms. The number of hydrogen-bond donors (Lipinski definition) is 2. The van der Waals surface area contributed by atoms with Crippen LogP contribution in [0.3, 0.4) is 0 Å². The lowest BCUT2D eigenvalue weighted by atomic mass is 9.98. The van der Waals surface area contributed by atoms with Crippen molar-refractivity contribution in [2.45, 2.75) is 19.3 Å². The van der Waals surface area contributed by atoms with Gasteiger partial charge in [-0.3, -0.25) is 4.79 Å². The summed E-state index contributed by atoms with van der Waals surface area (Å²) in [5.74, 6) is 1.23. The fraction of sp³-hybridized carbons (Fsp3) is 0.889. The minimum atomic E-state index is 0.200. The zero-order valence-corrected chi connectivity index (χ0v) is 8.67. The first-order valence-electron chi connectivity index (χ1n) is 4.77. The Morgan fingerprint density at radius 3 is 2.54 bits per heavy atom. The summed E-state index contributed by atoms with van der Waals surface area (Å²) in [6.45, 7) is 1.87. The Morgan fingerprint density at radius 2 is 2.08 bits per heavy atom. The van der Waals surface area contributed by atoms with Gasteiger partial charge in [0.25, 0.3) is 0 Å². The van der Waals surface area contributed by atoms with Gasteiger partial charge in [-0.1, -0.05) is 0 Å². The second-order valence-electron chi connectivity index (χ2n) is 3.48. The van der Waals surface area contributed by atoms with Crippen LogP contribution in [-0.4, -0.2) is 41.4 Å². The minimum Gasteiger partial charge on any atom is -0.396 e. The van der Waals surface area contributed by atoms with Crippen LogP contribution in [-0.2, 0) is 4.79 Å². The summed E-state index contributed by atoms with van der Waals surface area (Å²) in [6.07, 6.45) is 2.41. The van der Waals surface area contributed by atoms with Crippen LogP contribution >= 0.6 is 12.6 Å². The van der Waals surface area contributed by atoms with Crippen LogP contribution in [0.1, 0.15) is 19.3 Å². The Labute approximate surface area is 84.5 Å². The molecule has 0 bridgehead atoms. The van der Waals surface area contributed by atoms with Crippen LogP contribution in [0, 0.1) is 5.92 Å². The molecule has 3 nitrogen and oxygen atoms in total. The highest BCUT2D eigenvalue weighted by Crippen LogP contribution is 2.16. The smallest absolute Gasteiger partial charge is 0.223 e. The zero-order valence-electron chi connectivity index (χ0n) is 7.78. The van der Waals surface area contributed by atoms with Gasteiger partial charge in [0.2, 0.25) is 5.91 Å². The third-order valence-corrected chi connectivity index (χ3v) is 2.77. The second-order valence-corrected chi connectivity index (χ2v) is 3.93. The van der Waals surface area contributed by atoms with Crippen LogP contribution in [0.4, 0.5) is 0 Å². The minimum absolute atomic E-state index is 0.200. The molecule has 1 aliphatic rings. The first-order chi connectivity index (χ1) is 6.27. The van der Waals surface area contributed by atoms with Crippen LogP contribution in [0.25, 0.3) is 0 Å². The van der Waals surface area contributed by atoms with Crippen LogP contribution < -0.4 is 0 Å². The van der Waals surface area contributed by atoms with Gasteiger partial charge >= 0.3 is 0 Å². The molecule has 0 atom stereocenters. The van der Waals surface area contributed by atoms with Crippen molar-refractivity contribution in [2.75, 3.05) is 25.4 Å². The zero-order chi connectivity index (χ0) is 9.68. The highest BCUT2D eigenvalue weighted by molar-refractivity contribution is 7.80. The topological polar surface area (TPSA) is 40.5 Å². The third kappa shape index (κ3) is 3.19. The number of carbonyl (C=O) groups is 1. The average molecular weight is 203 g/mol. The largest absolute Gasteiger partial charge is 0.396 e. The average Bonchev–Trinajstić information content (AvgIpc) is 2.18. The second kappa shape index (κ2) is 5.50. The van der Waals surface area contributed by atoms with E-state index in [2.05, 4.69) is 12.6 Å². The fourth-order valence-electron chi connectivity index (χ4n) is 1.62.